The highest BCUT2D eigenvalue weighted by atomic mass is 16.6. The summed E-state index contributed by atoms with van der Waals surface area (Å²) in [4.78, 5) is 28.0. The van der Waals surface area contributed by atoms with Gasteiger partial charge < -0.3 is 18.9 Å². The molecule has 7 heteroatoms. The Balaban J connectivity index is 1.26. The average Bonchev–Trinajstić information content (AvgIpc) is 3.07. The van der Waals surface area contributed by atoms with Crippen molar-refractivity contribution in [2.45, 2.75) is 38.0 Å². The van der Waals surface area contributed by atoms with Gasteiger partial charge in [0.25, 0.3) is 0 Å². The van der Waals surface area contributed by atoms with Crippen LogP contribution in [0.1, 0.15) is 35.2 Å². The van der Waals surface area contributed by atoms with Crippen LogP contribution in [0.4, 0.5) is 4.79 Å². The molecule has 5 rings (SSSR count). The van der Waals surface area contributed by atoms with E-state index in [4.69, 9.17) is 18.9 Å². The topological polar surface area (TPSA) is 74.3 Å². The fourth-order valence-electron chi connectivity index (χ4n) is 4.77. The molecule has 3 aliphatic rings. The number of hydrogen-bond donors (Lipinski definition) is 0. The number of benzene rings is 2. The van der Waals surface area contributed by atoms with Crippen molar-refractivity contribution in [2.75, 3.05) is 26.4 Å². The zero-order valence-electron chi connectivity index (χ0n) is 17.9. The number of ketones is 1. The first-order valence-electron chi connectivity index (χ1n) is 11.2. The molecule has 2 unspecified atom stereocenters. The number of nitrogens with zero attached hydrogens (tertiary/aromatic N) is 1. The van der Waals surface area contributed by atoms with E-state index in [1.54, 1.807) is 11.0 Å². The van der Waals surface area contributed by atoms with Crippen LogP contribution in [0.3, 0.4) is 0 Å². The number of ether oxygens (including phenoxy) is 4. The molecule has 7 nitrogen and oxygen atoms in total. The van der Waals surface area contributed by atoms with E-state index in [2.05, 4.69) is 0 Å². The van der Waals surface area contributed by atoms with Crippen LogP contribution in [0.2, 0.25) is 0 Å². The third-order valence-corrected chi connectivity index (χ3v) is 6.34. The summed E-state index contributed by atoms with van der Waals surface area (Å²) in [6.45, 7) is 2.26. The number of morpholine rings is 1. The van der Waals surface area contributed by atoms with Crippen LogP contribution >= 0.6 is 0 Å². The van der Waals surface area contributed by atoms with Gasteiger partial charge in [0.15, 0.2) is 17.3 Å². The van der Waals surface area contributed by atoms with Gasteiger partial charge in [-0.25, -0.2) is 4.79 Å². The van der Waals surface area contributed by atoms with Gasteiger partial charge in [-0.1, -0.05) is 30.3 Å². The molecule has 2 aromatic rings. The maximum absolute atomic E-state index is 13.3. The SMILES string of the molecule is O=C(c1ccc2c(c1)OCCCO2)C1CC2COCC(C1)N2C(=O)OCc1ccccc1. The van der Waals surface area contributed by atoms with Crippen LogP contribution in [0.5, 0.6) is 11.5 Å². The van der Waals surface area contributed by atoms with Gasteiger partial charge in [-0.2, -0.15) is 0 Å². The summed E-state index contributed by atoms with van der Waals surface area (Å²) < 4.78 is 22.7. The Kier molecular flexibility index (Phi) is 5.99. The minimum atomic E-state index is -0.339. The summed E-state index contributed by atoms with van der Waals surface area (Å²) in [5.74, 6) is 1.21. The van der Waals surface area contributed by atoms with Crippen LogP contribution in [0.25, 0.3) is 0 Å². The maximum Gasteiger partial charge on any atom is 0.410 e. The van der Waals surface area contributed by atoms with E-state index >= 15 is 0 Å². The van der Waals surface area contributed by atoms with Crippen LogP contribution in [-0.2, 0) is 16.1 Å². The predicted molar refractivity (Wildman–Crippen MR) is 116 cm³/mol. The van der Waals surface area contributed by atoms with Gasteiger partial charge in [0.2, 0.25) is 0 Å². The van der Waals surface area contributed by atoms with Gasteiger partial charge in [-0.15, -0.1) is 0 Å². The molecule has 32 heavy (non-hydrogen) atoms. The molecule has 1 amide bonds. The van der Waals surface area contributed by atoms with E-state index in [1.165, 1.54) is 0 Å². The van der Waals surface area contributed by atoms with Gasteiger partial charge in [0, 0.05) is 17.9 Å². The molecular formula is C25H27NO6. The Morgan fingerprint density at radius 1 is 0.938 bits per heavy atom. The van der Waals surface area contributed by atoms with E-state index in [0.717, 1.165) is 12.0 Å². The van der Waals surface area contributed by atoms with Gasteiger partial charge in [0.05, 0.1) is 38.5 Å². The average molecular weight is 437 g/mol. The molecular weight excluding hydrogens is 410 g/mol. The second-order valence-corrected chi connectivity index (χ2v) is 8.54. The normalized spacial score (nSPS) is 24.4. The van der Waals surface area contributed by atoms with Crippen molar-refractivity contribution in [1.82, 2.24) is 4.90 Å². The summed E-state index contributed by atoms with van der Waals surface area (Å²) in [5, 5.41) is 0. The van der Waals surface area contributed by atoms with Crippen molar-refractivity contribution in [1.29, 1.82) is 0 Å². The Bertz CT molecular complexity index is 964. The Hall–Kier alpha value is -3.06. The van der Waals surface area contributed by atoms with Crippen molar-refractivity contribution in [3.05, 3.63) is 59.7 Å². The Morgan fingerprint density at radius 2 is 1.66 bits per heavy atom. The molecule has 3 heterocycles. The lowest BCUT2D eigenvalue weighted by atomic mass is 9.81. The van der Waals surface area contributed by atoms with Gasteiger partial charge in [0.1, 0.15) is 6.61 Å². The highest BCUT2D eigenvalue weighted by molar-refractivity contribution is 5.98. The molecule has 2 bridgehead atoms. The summed E-state index contributed by atoms with van der Waals surface area (Å²) in [7, 11) is 0. The Labute approximate surface area is 187 Å². The van der Waals surface area contributed by atoms with Crippen LogP contribution in [0, 0.1) is 5.92 Å². The van der Waals surface area contributed by atoms with E-state index in [-0.39, 0.29) is 36.5 Å². The summed E-state index contributed by atoms with van der Waals surface area (Å²) >= 11 is 0. The van der Waals surface area contributed by atoms with Crippen molar-refractivity contribution in [3.63, 3.8) is 0 Å². The van der Waals surface area contributed by atoms with E-state index in [1.807, 2.05) is 42.5 Å². The number of hydrogen-bond acceptors (Lipinski definition) is 6. The fourth-order valence-corrected chi connectivity index (χ4v) is 4.77. The summed E-state index contributed by atoms with van der Waals surface area (Å²) in [6.07, 6.45) is 1.60. The number of Topliss-reactive ketones (excluding diaryl/α,β-unsaturated/α-hetero) is 1. The lowest BCUT2D eigenvalue weighted by molar-refractivity contribution is -0.0755. The van der Waals surface area contributed by atoms with Crippen LogP contribution in [0.15, 0.2) is 48.5 Å². The second kappa shape index (κ2) is 9.20. The fraction of sp³-hybridized carbons (Fsp3) is 0.440. The predicted octanol–water partition coefficient (Wildman–Crippen LogP) is 3.85. The van der Waals surface area contributed by atoms with E-state index in [9.17, 15) is 9.59 Å². The highest BCUT2D eigenvalue weighted by Gasteiger charge is 2.44. The summed E-state index contributed by atoms with van der Waals surface area (Å²) in [5.41, 5.74) is 1.57. The van der Waals surface area contributed by atoms with E-state index < -0.39 is 0 Å². The quantitative estimate of drug-likeness (QED) is 0.677. The highest BCUT2D eigenvalue weighted by Crippen LogP contribution is 2.36. The van der Waals surface area contributed by atoms with Crippen molar-refractivity contribution >= 4 is 11.9 Å². The lowest BCUT2D eigenvalue weighted by Gasteiger charge is -2.47. The third kappa shape index (κ3) is 4.30. The molecule has 0 aromatic heterocycles. The second-order valence-electron chi connectivity index (χ2n) is 8.54. The molecule has 2 aromatic carbocycles. The molecule has 2 saturated heterocycles. The van der Waals surface area contributed by atoms with Crippen LogP contribution in [-0.4, -0.2) is 55.3 Å². The largest absolute Gasteiger partial charge is 0.490 e. The van der Waals surface area contributed by atoms with E-state index in [0.29, 0.717) is 56.3 Å². The number of fused-ring (bicyclic) bond motifs is 3. The number of amides is 1. The summed E-state index contributed by atoms with van der Waals surface area (Å²) in [6, 6.07) is 14.7. The third-order valence-electron chi connectivity index (χ3n) is 6.34. The van der Waals surface area contributed by atoms with Crippen molar-refractivity contribution < 1.29 is 28.5 Å². The lowest BCUT2D eigenvalue weighted by Crippen LogP contribution is -2.59. The first-order valence-corrected chi connectivity index (χ1v) is 11.2. The molecule has 0 spiro atoms. The molecule has 0 radical (unpaired) electrons. The molecule has 2 atom stereocenters. The molecule has 168 valence electrons. The van der Waals surface area contributed by atoms with Crippen LogP contribution < -0.4 is 9.47 Å². The minimum absolute atomic E-state index is 0.0786. The zero-order valence-corrected chi connectivity index (χ0v) is 17.9. The number of carbonyl (C=O) groups excluding carboxylic acids is 2. The standard InChI is InChI=1S/C25H27NO6/c27-24(18-7-8-22-23(13-18)31-10-4-9-30-22)19-11-20-15-29-16-21(12-19)26(20)25(28)32-14-17-5-2-1-3-6-17/h1-3,5-8,13,19-21H,4,9-12,14-16H2. The zero-order chi connectivity index (χ0) is 21.9. The smallest absolute Gasteiger partial charge is 0.410 e. The monoisotopic (exact) mass is 437 g/mol. The van der Waals surface area contributed by atoms with Gasteiger partial charge >= 0.3 is 6.09 Å². The molecule has 3 aliphatic heterocycles. The number of piperidine rings is 1. The van der Waals surface area contributed by atoms with Gasteiger partial charge in [-0.3, -0.25) is 9.69 Å². The van der Waals surface area contributed by atoms with Crippen molar-refractivity contribution in [2.24, 2.45) is 5.92 Å². The van der Waals surface area contributed by atoms with Crippen molar-refractivity contribution in [3.8, 4) is 11.5 Å². The molecule has 0 aliphatic carbocycles. The number of rotatable bonds is 4. The minimum Gasteiger partial charge on any atom is -0.490 e. The first kappa shape index (κ1) is 20.8. The maximum atomic E-state index is 13.3. The number of carbonyl (C=O) groups is 2. The first-order chi connectivity index (χ1) is 15.7. The molecule has 2 fully saturated rings. The molecule has 0 N–H and O–H groups in total. The Morgan fingerprint density at radius 3 is 2.41 bits per heavy atom. The molecule has 0 saturated carbocycles. The van der Waals surface area contributed by atoms with Gasteiger partial charge in [-0.05, 0) is 36.6 Å².